The number of rotatable bonds is 3. The summed E-state index contributed by atoms with van der Waals surface area (Å²) in [5.41, 5.74) is -0.678. The number of alkyl halides is 3. The monoisotopic (exact) mass is 247 g/mol. The van der Waals surface area contributed by atoms with Crippen LogP contribution in [-0.4, -0.2) is 23.7 Å². The van der Waals surface area contributed by atoms with E-state index in [1.165, 1.54) is 6.92 Å². The third kappa shape index (κ3) is 4.07. The quantitative estimate of drug-likeness (QED) is 0.855. The fourth-order valence-corrected chi connectivity index (χ4v) is 1.15. The number of carbonyl (C=O) groups excluding carboxylic acids is 1. The van der Waals surface area contributed by atoms with Crippen molar-refractivity contribution in [2.45, 2.75) is 19.2 Å². The van der Waals surface area contributed by atoms with Crippen LogP contribution in [0.2, 0.25) is 0 Å². The van der Waals surface area contributed by atoms with Crippen LogP contribution in [0.25, 0.3) is 0 Å². The molecule has 0 aromatic heterocycles. The van der Waals surface area contributed by atoms with Gasteiger partial charge in [0.1, 0.15) is 0 Å². The van der Waals surface area contributed by atoms with Crippen molar-refractivity contribution < 1.29 is 23.1 Å². The molecule has 94 valence electrons. The maximum Gasteiger partial charge on any atom is 0.416 e. The van der Waals surface area contributed by atoms with Gasteiger partial charge in [0.15, 0.2) is 0 Å². The largest absolute Gasteiger partial charge is 0.416 e. The van der Waals surface area contributed by atoms with Crippen LogP contribution >= 0.6 is 0 Å². The molecule has 0 saturated carbocycles. The number of hydrogen-bond donors (Lipinski definition) is 2. The number of amides is 1. The fraction of sp³-hybridized carbons (Fsp3) is 0.364. The molecule has 0 saturated heterocycles. The van der Waals surface area contributed by atoms with Gasteiger partial charge in [0.05, 0.1) is 11.7 Å². The molecule has 1 unspecified atom stereocenters. The summed E-state index contributed by atoms with van der Waals surface area (Å²) in [4.78, 5) is 11.4. The molecule has 0 radical (unpaired) electrons. The molecule has 2 N–H and O–H groups in total. The van der Waals surface area contributed by atoms with Crippen LogP contribution in [0.1, 0.15) is 22.8 Å². The summed E-state index contributed by atoms with van der Waals surface area (Å²) in [7, 11) is 0. The number of halogens is 3. The molecule has 0 aliphatic carbocycles. The predicted molar refractivity (Wildman–Crippen MR) is 55.5 cm³/mol. The molecule has 1 aromatic carbocycles. The van der Waals surface area contributed by atoms with Crippen molar-refractivity contribution in [2.75, 3.05) is 6.54 Å². The van der Waals surface area contributed by atoms with Crippen LogP contribution in [0.5, 0.6) is 0 Å². The predicted octanol–water partition coefficient (Wildman–Crippen LogP) is 1.82. The molecule has 1 amide bonds. The van der Waals surface area contributed by atoms with Gasteiger partial charge in [-0.2, -0.15) is 13.2 Å². The molecule has 6 heteroatoms. The Labute approximate surface area is 96.3 Å². The Kier molecular flexibility index (Phi) is 4.11. The normalized spacial score (nSPS) is 13.2. The molecular weight excluding hydrogens is 235 g/mol. The minimum atomic E-state index is -4.41. The number of benzene rings is 1. The van der Waals surface area contributed by atoms with Crippen LogP contribution < -0.4 is 5.32 Å². The first-order chi connectivity index (χ1) is 7.80. The first-order valence-corrected chi connectivity index (χ1v) is 4.94. The third-order valence-electron chi connectivity index (χ3n) is 2.03. The van der Waals surface area contributed by atoms with Crippen LogP contribution in [0.3, 0.4) is 0 Å². The lowest BCUT2D eigenvalue weighted by molar-refractivity contribution is -0.137. The smallest absolute Gasteiger partial charge is 0.392 e. The van der Waals surface area contributed by atoms with Gasteiger partial charge in [-0.15, -0.1) is 0 Å². The van der Waals surface area contributed by atoms with Crippen molar-refractivity contribution in [3.63, 3.8) is 0 Å². The van der Waals surface area contributed by atoms with Crippen LogP contribution in [0.15, 0.2) is 24.3 Å². The van der Waals surface area contributed by atoms with Crippen LogP contribution in [-0.2, 0) is 6.18 Å². The van der Waals surface area contributed by atoms with Crippen molar-refractivity contribution in [3.8, 4) is 0 Å². The lowest BCUT2D eigenvalue weighted by atomic mass is 10.1. The lowest BCUT2D eigenvalue weighted by Crippen LogP contribution is -2.30. The Balaban J connectivity index is 2.71. The average Bonchev–Trinajstić information content (AvgIpc) is 2.25. The molecule has 0 fully saturated rings. The van der Waals surface area contributed by atoms with Crippen molar-refractivity contribution in [2.24, 2.45) is 0 Å². The Bertz CT molecular complexity index is 385. The van der Waals surface area contributed by atoms with Crippen molar-refractivity contribution >= 4 is 5.91 Å². The van der Waals surface area contributed by atoms with Crippen molar-refractivity contribution in [1.82, 2.24) is 5.32 Å². The number of aliphatic hydroxyl groups excluding tert-OH is 1. The molecule has 1 atom stereocenters. The molecule has 1 aromatic rings. The van der Waals surface area contributed by atoms with Gasteiger partial charge in [-0.3, -0.25) is 4.79 Å². The third-order valence-corrected chi connectivity index (χ3v) is 2.03. The first-order valence-electron chi connectivity index (χ1n) is 4.94. The molecule has 0 heterocycles. The van der Waals surface area contributed by atoms with Crippen molar-refractivity contribution in [3.05, 3.63) is 35.4 Å². The number of nitrogens with one attached hydrogen (secondary N) is 1. The topological polar surface area (TPSA) is 49.3 Å². The average molecular weight is 247 g/mol. The summed E-state index contributed by atoms with van der Waals surface area (Å²) in [5.74, 6) is -0.514. The molecule has 0 aliphatic heterocycles. The summed E-state index contributed by atoms with van der Waals surface area (Å²) in [6.45, 7) is 1.55. The van der Waals surface area contributed by atoms with Gasteiger partial charge in [0.2, 0.25) is 0 Å². The van der Waals surface area contributed by atoms with Gasteiger partial charge < -0.3 is 10.4 Å². The van der Waals surface area contributed by atoms with E-state index in [1.807, 2.05) is 0 Å². The zero-order valence-corrected chi connectivity index (χ0v) is 9.08. The second-order valence-corrected chi connectivity index (χ2v) is 3.63. The molecule has 0 bridgehead atoms. The molecule has 3 nitrogen and oxygen atoms in total. The van der Waals surface area contributed by atoms with Crippen LogP contribution in [0, 0.1) is 0 Å². The van der Waals surface area contributed by atoms with E-state index in [4.69, 9.17) is 5.11 Å². The van der Waals surface area contributed by atoms with Gasteiger partial charge in [-0.1, -0.05) is 0 Å². The maximum absolute atomic E-state index is 12.2. The van der Waals surface area contributed by atoms with E-state index in [2.05, 4.69) is 5.32 Å². The highest BCUT2D eigenvalue weighted by Gasteiger charge is 2.30. The zero-order chi connectivity index (χ0) is 13.1. The molecule has 0 spiro atoms. The summed E-state index contributed by atoms with van der Waals surface area (Å²) >= 11 is 0. The minimum absolute atomic E-state index is 0.0554. The molecule has 0 aliphatic rings. The summed E-state index contributed by atoms with van der Waals surface area (Å²) in [5, 5.41) is 11.3. The Morgan fingerprint density at radius 2 is 1.88 bits per heavy atom. The Morgan fingerprint density at radius 1 is 1.35 bits per heavy atom. The van der Waals surface area contributed by atoms with Gasteiger partial charge >= 0.3 is 6.18 Å². The van der Waals surface area contributed by atoms with E-state index >= 15 is 0 Å². The Hall–Kier alpha value is -1.56. The fourth-order valence-electron chi connectivity index (χ4n) is 1.15. The summed E-state index contributed by atoms with van der Waals surface area (Å²) in [6, 6.07) is 3.88. The maximum atomic E-state index is 12.2. The van der Waals surface area contributed by atoms with E-state index in [1.54, 1.807) is 0 Å². The SMILES string of the molecule is CC(O)CNC(=O)c1ccc(C(F)(F)F)cc1. The first kappa shape index (κ1) is 13.5. The minimum Gasteiger partial charge on any atom is -0.392 e. The van der Waals surface area contributed by atoms with Gasteiger partial charge in [-0.05, 0) is 31.2 Å². The highest BCUT2D eigenvalue weighted by Crippen LogP contribution is 2.28. The van der Waals surface area contributed by atoms with Gasteiger partial charge in [0.25, 0.3) is 5.91 Å². The second kappa shape index (κ2) is 5.18. The van der Waals surface area contributed by atoms with Crippen molar-refractivity contribution in [1.29, 1.82) is 0 Å². The highest BCUT2D eigenvalue weighted by atomic mass is 19.4. The van der Waals surface area contributed by atoms with Crippen LogP contribution in [0.4, 0.5) is 13.2 Å². The Morgan fingerprint density at radius 3 is 2.29 bits per heavy atom. The van der Waals surface area contributed by atoms with E-state index < -0.39 is 23.8 Å². The van der Waals surface area contributed by atoms with Gasteiger partial charge in [-0.25, -0.2) is 0 Å². The van der Waals surface area contributed by atoms with E-state index in [0.29, 0.717) is 0 Å². The number of hydrogen-bond acceptors (Lipinski definition) is 2. The van der Waals surface area contributed by atoms with E-state index in [-0.39, 0.29) is 12.1 Å². The molecular formula is C11H12F3NO2. The highest BCUT2D eigenvalue weighted by molar-refractivity contribution is 5.94. The summed E-state index contributed by atoms with van der Waals surface area (Å²) in [6.07, 6.45) is -5.11. The van der Waals surface area contributed by atoms with E-state index in [9.17, 15) is 18.0 Å². The number of aliphatic hydroxyl groups is 1. The lowest BCUT2D eigenvalue weighted by Gasteiger charge is -2.09. The second-order valence-electron chi connectivity index (χ2n) is 3.63. The zero-order valence-electron chi connectivity index (χ0n) is 9.08. The molecule has 1 rings (SSSR count). The molecule has 17 heavy (non-hydrogen) atoms. The number of carbonyl (C=O) groups is 1. The summed E-state index contributed by atoms with van der Waals surface area (Å²) < 4.78 is 36.7. The van der Waals surface area contributed by atoms with Gasteiger partial charge in [0, 0.05) is 12.1 Å². The standard InChI is InChI=1S/C11H12F3NO2/c1-7(16)6-15-10(17)8-2-4-9(5-3-8)11(12,13)14/h2-5,7,16H,6H2,1H3,(H,15,17). The van der Waals surface area contributed by atoms with E-state index in [0.717, 1.165) is 24.3 Å².